The van der Waals surface area contributed by atoms with Crippen molar-refractivity contribution < 1.29 is 9.53 Å². The highest BCUT2D eigenvalue weighted by molar-refractivity contribution is 5.99. The smallest absolute Gasteiger partial charge is 0.267 e. The van der Waals surface area contributed by atoms with Crippen LogP contribution in [0.15, 0.2) is 24.3 Å². The van der Waals surface area contributed by atoms with E-state index in [0.29, 0.717) is 6.54 Å². The molecule has 0 spiro atoms. The number of amides is 1. The lowest BCUT2D eigenvalue weighted by molar-refractivity contribution is -0.125. The van der Waals surface area contributed by atoms with E-state index in [2.05, 4.69) is 12.2 Å². The number of anilines is 1. The second-order valence-corrected chi connectivity index (χ2v) is 4.37. The van der Waals surface area contributed by atoms with Crippen LogP contribution >= 0.6 is 0 Å². The second-order valence-electron chi connectivity index (χ2n) is 4.37. The summed E-state index contributed by atoms with van der Waals surface area (Å²) in [5.74, 6) is 0.800. The summed E-state index contributed by atoms with van der Waals surface area (Å²) in [6.07, 6.45) is -0.408. The molecule has 4 heteroatoms. The molecule has 2 atom stereocenters. The Bertz CT molecular complexity index is 420. The monoisotopic (exact) mass is 234 g/mol. The van der Waals surface area contributed by atoms with Crippen molar-refractivity contribution in [3.8, 4) is 5.75 Å². The quantitative estimate of drug-likeness (QED) is 0.859. The molecule has 0 aromatic heterocycles. The van der Waals surface area contributed by atoms with E-state index < -0.39 is 6.10 Å². The average molecular weight is 234 g/mol. The molecule has 2 unspecified atom stereocenters. The van der Waals surface area contributed by atoms with Gasteiger partial charge in [0.1, 0.15) is 5.75 Å². The number of rotatable bonds is 3. The molecule has 1 heterocycles. The normalized spacial score (nSPS) is 20.8. The summed E-state index contributed by atoms with van der Waals surface area (Å²) in [6.45, 7) is 4.49. The Morgan fingerprint density at radius 1 is 1.47 bits per heavy atom. The standard InChI is InChI=1S/C13H18N2O2/c1-9(14-3)8-15-11-6-4-5-7-12(11)17-10(2)13(15)16/h4-7,9-10,14H,8H2,1-3H3. The summed E-state index contributed by atoms with van der Waals surface area (Å²) in [6, 6.07) is 7.90. The van der Waals surface area contributed by atoms with Crippen molar-refractivity contribution in [2.75, 3.05) is 18.5 Å². The van der Waals surface area contributed by atoms with E-state index in [1.165, 1.54) is 0 Å². The van der Waals surface area contributed by atoms with Gasteiger partial charge in [0.25, 0.3) is 5.91 Å². The van der Waals surface area contributed by atoms with Crippen molar-refractivity contribution in [1.29, 1.82) is 0 Å². The Balaban J connectivity index is 2.32. The van der Waals surface area contributed by atoms with Gasteiger partial charge in [-0.25, -0.2) is 0 Å². The predicted molar refractivity (Wildman–Crippen MR) is 67.4 cm³/mol. The molecule has 0 saturated heterocycles. The van der Waals surface area contributed by atoms with Crippen LogP contribution in [0.2, 0.25) is 0 Å². The van der Waals surface area contributed by atoms with Crippen molar-refractivity contribution >= 4 is 11.6 Å². The summed E-state index contributed by atoms with van der Waals surface area (Å²) in [4.78, 5) is 13.9. The highest BCUT2D eigenvalue weighted by Gasteiger charge is 2.31. The third-order valence-electron chi connectivity index (χ3n) is 3.02. The highest BCUT2D eigenvalue weighted by atomic mass is 16.5. The molecule has 1 amide bonds. The molecule has 0 bridgehead atoms. The molecular formula is C13H18N2O2. The fourth-order valence-electron chi connectivity index (χ4n) is 1.91. The maximum atomic E-state index is 12.1. The molecule has 0 radical (unpaired) electrons. The number of likely N-dealkylation sites (N-methyl/N-ethyl adjacent to an activating group) is 1. The Hall–Kier alpha value is -1.55. The zero-order valence-electron chi connectivity index (χ0n) is 10.4. The van der Waals surface area contributed by atoms with Gasteiger partial charge in [0.05, 0.1) is 5.69 Å². The number of carbonyl (C=O) groups excluding carboxylic acids is 1. The lowest BCUT2D eigenvalue weighted by Gasteiger charge is -2.34. The number of ether oxygens (including phenoxy) is 1. The number of nitrogens with one attached hydrogen (secondary N) is 1. The van der Waals surface area contributed by atoms with Crippen LogP contribution in [0.5, 0.6) is 5.75 Å². The van der Waals surface area contributed by atoms with Crippen molar-refractivity contribution in [1.82, 2.24) is 5.32 Å². The Morgan fingerprint density at radius 2 is 2.18 bits per heavy atom. The van der Waals surface area contributed by atoms with Crippen molar-refractivity contribution in [2.24, 2.45) is 0 Å². The maximum Gasteiger partial charge on any atom is 0.267 e. The number of benzene rings is 1. The molecule has 1 aliphatic heterocycles. The Morgan fingerprint density at radius 3 is 2.88 bits per heavy atom. The van der Waals surface area contributed by atoms with Gasteiger partial charge in [-0.15, -0.1) is 0 Å². The van der Waals surface area contributed by atoms with Crippen LogP contribution in [0.3, 0.4) is 0 Å². The fraction of sp³-hybridized carbons (Fsp3) is 0.462. The topological polar surface area (TPSA) is 41.6 Å². The molecule has 4 nitrogen and oxygen atoms in total. The van der Waals surface area contributed by atoms with Gasteiger partial charge in [-0.3, -0.25) is 4.79 Å². The molecule has 92 valence electrons. The zero-order valence-corrected chi connectivity index (χ0v) is 10.4. The number of hydrogen-bond donors (Lipinski definition) is 1. The van der Waals surface area contributed by atoms with Gasteiger partial charge in [0.15, 0.2) is 6.10 Å². The molecule has 1 aromatic rings. The highest BCUT2D eigenvalue weighted by Crippen LogP contribution is 2.33. The van der Waals surface area contributed by atoms with Gasteiger partial charge < -0.3 is 15.0 Å². The van der Waals surface area contributed by atoms with Crippen molar-refractivity contribution in [2.45, 2.75) is 26.0 Å². The van der Waals surface area contributed by atoms with Gasteiger partial charge in [0.2, 0.25) is 0 Å². The summed E-state index contributed by atoms with van der Waals surface area (Å²) >= 11 is 0. The predicted octanol–water partition coefficient (Wildman–Crippen LogP) is 1.41. The first-order valence-electron chi connectivity index (χ1n) is 5.88. The number of fused-ring (bicyclic) bond motifs is 1. The number of hydrogen-bond acceptors (Lipinski definition) is 3. The lowest BCUT2D eigenvalue weighted by atomic mass is 10.1. The second kappa shape index (κ2) is 4.75. The molecule has 1 N–H and O–H groups in total. The number of para-hydroxylation sites is 2. The SMILES string of the molecule is CNC(C)CN1C(=O)C(C)Oc2ccccc21. The van der Waals surface area contributed by atoms with Crippen LogP contribution in [0.25, 0.3) is 0 Å². The Labute approximate surface area is 102 Å². The third kappa shape index (κ3) is 2.26. The first-order chi connectivity index (χ1) is 8.13. The van der Waals surface area contributed by atoms with Gasteiger partial charge in [-0.1, -0.05) is 12.1 Å². The summed E-state index contributed by atoms with van der Waals surface area (Å²) < 4.78 is 5.58. The largest absolute Gasteiger partial charge is 0.479 e. The molecule has 0 fully saturated rings. The fourth-order valence-corrected chi connectivity index (χ4v) is 1.91. The van der Waals surface area contributed by atoms with E-state index in [-0.39, 0.29) is 11.9 Å². The van der Waals surface area contributed by atoms with Gasteiger partial charge in [-0.2, -0.15) is 0 Å². The average Bonchev–Trinajstić information content (AvgIpc) is 2.34. The molecule has 1 aliphatic rings. The van der Waals surface area contributed by atoms with E-state index >= 15 is 0 Å². The Kier molecular flexibility index (Phi) is 3.33. The van der Waals surface area contributed by atoms with E-state index in [1.807, 2.05) is 31.3 Å². The summed E-state index contributed by atoms with van der Waals surface area (Å²) in [5.41, 5.74) is 0.859. The third-order valence-corrected chi connectivity index (χ3v) is 3.02. The van der Waals surface area contributed by atoms with Crippen LogP contribution in [-0.2, 0) is 4.79 Å². The van der Waals surface area contributed by atoms with Gasteiger partial charge in [0, 0.05) is 12.6 Å². The van der Waals surface area contributed by atoms with E-state index in [0.717, 1.165) is 11.4 Å². The molecule has 17 heavy (non-hydrogen) atoms. The van der Waals surface area contributed by atoms with Crippen LogP contribution in [0.1, 0.15) is 13.8 Å². The molecular weight excluding hydrogens is 216 g/mol. The molecule has 2 rings (SSSR count). The van der Waals surface area contributed by atoms with E-state index in [9.17, 15) is 4.79 Å². The maximum absolute atomic E-state index is 12.1. The minimum atomic E-state index is -0.408. The lowest BCUT2D eigenvalue weighted by Crippen LogP contribution is -2.49. The first kappa shape index (κ1) is 11.9. The number of carbonyl (C=O) groups is 1. The van der Waals surface area contributed by atoms with Crippen LogP contribution < -0.4 is 15.0 Å². The van der Waals surface area contributed by atoms with Crippen LogP contribution in [0, 0.1) is 0 Å². The minimum absolute atomic E-state index is 0.0193. The minimum Gasteiger partial charge on any atom is -0.479 e. The van der Waals surface area contributed by atoms with Gasteiger partial charge >= 0.3 is 0 Å². The zero-order chi connectivity index (χ0) is 12.4. The van der Waals surface area contributed by atoms with Crippen molar-refractivity contribution in [3.63, 3.8) is 0 Å². The van der Waals surface area contributed by atoms with Crippen LogP contribution in [-0.4, -0.2) is 31.6 Å². The van der Waals surface area contributed by atoms with E-state index in [1.54, 1.807) is 11.8 Å². The van der Waals surface area contributed by atoms with E-state index in [4.69, 9.17) is 4.74 Å². The van der Waals surface area contributed by atoms with Crippen molar-refractivity contribution in [3.05, 3.63) is 24.3 Å². The number of nitrogens with zero attached hydrogens (tertiary/aromatic N) is 1. The molecule has 1 aromatic carbocycles. The van der Waals surface area contributed by atoms with Gasteiger partial charge in [-0.05, 0) is 33.0 Å². The summed E-state index contributed by atoms with van der Waals surface area (Å²) in [7, 11) is 1.89. The molecule has 0 aliphatic carbocycles. The summed E-state index contributed by atoms with van der Waals surface area (Å²) in [5, 5.41) is 3.14. The van der Waals surface area contributed by atoms with Crippen LogP contribution in [0.4, 0.5) is 5.69 Å². The molecule has 0 saturated carbocycles. The first-order valence-corrected chi connectivity index (χ1v) is 5.88.